The van der Waals surface area contributed by atoms with Gasteiger partial charge >= 0.3 is 5.97 Å². The molecule has 0 radical (unpaired) electrons. The zero-order chi connectivity index (χ0) is 10.8. The van der Waals surface area contributed by atoms with Gasteiger partial charge in [0.25, 0.3) is 0 Å². The molecule has 0 heterocycles. The highest BCUT2D eigenvalue weighted by atomic mass is 16.4. The van der Waals surface area contributed by atoms with Gasteiger partial charge in [0, 0.05) is 0 Å². The second kappa shape index (κ2) is 3.93. The van der Waals surface area contributed by atoms with E-state index in [-0.39, 0.29) is 11.7 Å². The molecule has 0 saturated heterocycles. The summed E-state index contributed by atoms with van der Waals surface area (Å²) in [7, 11) is 0. The van der Waals surface area contributed by atoms with E-state index in [1.807, 2.05) is 6.07 Å². The van der Waals surface area contributed by atoms with Crippen LogP contribution in [0, 0.1) is 11.8 Å². The van der Waals surface area contributed by atoms with E-state index in [1.54, 1.807) is 18.2 Å². The van der Waals surface area contributed by atoms with Gasteiger partial charge in [-0.3, -0.25) is 4.79 Å². The number of aliphatic carboxylic acids is 1. The van der Waals surface area contributed by atoms with Gasteiger partial charge in [0.2, 0.25) is 0 Å². The molecule has 1 aliphatic rings. The minimum absolute atomic E-state index is 0.201. The van der Waals surface area contributed by atoms with Crippen molar-refractivity contribution in [3.63, 3.8) is 0 Å². The first-order valence-electron chi connectivity index (χ1n) is 5.17. The number of benzene rings is 1. The average Bonchev–Trinajstić information content (AvgIpc) is 2.97. The van der Waals surface area contributed by atoms with Gasteiger partial charge in [0.1, 0.15) is 5.75 Å². The smallest absolute Gasteiger partial charge is 0.307 e. The second-order valence-corrected chi connectivity index (χ2v) is 4.16. The molecule has 1 aromatic rings. The summed E-state index contributed by atoms with van der Waals surface area (Å²) in [6.45, 7) is 0. The summed E-state index contributed by atoms with van der Waals surface area (Å²) in [5, 5.41) is 18.3. The Labute approximate surface area is 88.4 Å². The van der Waals surface area contributed by atoms with Gasteiger partial charge in [-0.05, 0) is 42.9 Å². The highest BCUT2D eigenvalue weighted by Gasteiger charge is 2.35. The molecular formula is C12H14O3. The Bertz CT molecular complexity index is 369. The SMILES string of the molecule is O=C(O)C(Cc1cccc(O)c1)C1CC1. The summed E-state index contributed by atoms with van der Waals surface area (Å²) in [4.78, 5) is 11.0. The lowest BCUT2D eigenvalue weighted by Crippen LogP contribution is -2.18. The number of hydrogen-bond donors (Lipinski definition) is 2. The highest BCUT2D eigenvalue weighted by Crippen LogP contribution is 2.38. The molecule has 1 atom stereocenters. The first-order valence-corrected chi connectivity index (χ1v) is 5.17. The lowest BCUT2D eigenvalue weighted by Gasteiger charge is -2.10. The third kappa shape index (κ3) is 2.49. The molecule has 3 heteroatoms. The standard InChI is InChI=1S/C12H14O3/c13-10-3-1-2-8(6-10)7-11(12(14)15)9-4-5-9/h1-3,6,9,11,13H,4-5,7H2,(H,14,15). The van der Waals surface area contributed by atoms with Gasteiger partial charge in [0.05, 0.1) is 5.92 Å². The number of rotatable bonds is 4. The van der Waals surface area contributed by atoms with E-state index in [4.69, 9.17) is 5.11 Å². The van der Waals surface area contributed by atoms with Gasteiger partial charge in [-0.15, -0.1) is 0 Å². The molecule has 1 aromatic carbocycles. The van der Waals surface area contributed by atoms with Crippen LogP contribution in [-0.4, -0.2) is 16.2 Å². The summed E-state index contributed by atoms with van der Waals surface area (Å²) >= 11 is 0. The Hall–Kier alpha value is -1.51. The maximum absolute atomic E-state index is 11.0. The normalized spacial score (nSPS) is 17.3. The van der Waals surface area contributed by atoms with Crippen LogP contribution in [0.4, 0.5) is 0 Å². The fourth-order valence-corrected chi connectivity index (χ4v) is 1.89. The molecule has 3 nitrogen and oxygen atoms in total. The van der Waals surface area contributed by atoms with Crippen LogP contribution in [0.25, 0.3) is 0 Å². The minimum Gasteiger partial charge on any atom is -0.508 e. The Morgan fingerprint density at radius 1 is 1.47 bits per heavy atom. The van der Waals surface area contributed by atoms with E-state index in [2.05, 4.69) is 0 Å². The lowest BCUT2D eigenvalue weighted by atomic mass is 9.95. The Kier molecular flexibility index (Phi) is 2.62. The third-order valence-electron chi connectivity index (χ3n) is 2.87. The highest BCUT2D eigenvalue weighted by molar-refractivity contribution is 5.71. The van der Waals surface area contributed by atoms with Crippen LogP contribution in [0.15, 0.2) is 24.3 Å². The molecule has 1 fully saturated rings. The summed E-state index contributed by atoms with van der Waals surface area (Å²) in [5.41, 5.74) is 0.898. The molecule has 15 heavy (non-hydrogen) atoms. The van der Waals surface area contributed by atoms with Gasteiger partial charge < -0.3 is 10.2 Å². The van der Waals surface area contributed by atoms with Crippen molar-refractivity contribution >= 4 is 5.97 Å². The van der Waals surface area contributed by atoms with Crippen LogP contribution in [0.3, 0.4) is 0 Å². The van der Waals surface area contributed by atoms with Crippen molar-refractivity contribution in [2.75, 3.05) is 0 Å². The van der Waals surface area contributed by atoms with Crippen LogP contribution in [0.5, 0.6) is 5.75 Å². The minimum atomic E-state index is -0.721. The van der Waals surface area contributed by atoms with Gasteiger partial charge in [-0.1, -0.05) is 12.1 Å². The van der Waals surface area contributed by atoms with Gasteiger partial charge in [-0.25, -0.2) is 0 Å². The first-order chi connectivity index (χ1) is 7.16. The number of aromatic hydroxyl groups is 1. The maximum atomic E-state index is 11.0. The number of hydrogen-bond acceptors (Lipinski definition) is 2. The van der Waals surface area contributed by atoms with Crippen molar-refractivity contribution in [3.8, 4) is 5.75 Å². The quantitative estimate of drug-likeness (QED) is 0.792. The lowest BCUT2D eigenvalue weighted by molar-refractivity contribution is -0.142. The molecule has 2 N–H and O–H groups in total. The van der Waals surface area contributed by atoms with Crippen LogP contribution < -0.4 is 0 Å². The molecule has 80 valence electrons. The van der Waals surface area contributed by atoms with Crippen molar-refractivity contribution in [2.45, 2.75) is 19.3 Å². The Morgan fingerprint density at radius 3 is 2.73 bits per heavy atom. The van der Waals surface area contributed by atoms with E-state index in [0.29, 0.717) is 12.3 Å². The van der Waals surface area contributed by atoms with Crippen molar-refractivity contribution < 1.29 is 15.0 Å². The Balaban J connectivity index is 2.08. The van der Waals surface area contributed by atoms with Crippen LogP contribution in [0.1, 0.15) is 18.4 Å². The van der Waals surface area contributed by atoms with Crippen molar-refractivity contribution in [2.24, 2.45) is 11.8 Å². The number of carboxylic acids is 1. The number of phenolic OH excluding ortho intramolecular Hbond substituents is 1. The van der Waals surface area contributed by atoms with E-state index in [9.17, 15) is 9.90 Å². The van der Waals surface area contributed by atoms with E-state index in [0.717, 1.165) is 18.4 Å². The topological polar surface area (TPSA) is 57.5 Å². The molecule has 0 bridgehead atoms. The monoisotopic (exact) mass is 206 g/mol. The molecule has 1 aliphatic carbocycles. The molecule has 0 aromatic heterocycles. The predicted octanol–water partition coefficient (Wildman–Crippen LogP) is 2.05. The third-order valence-corrected chi connectivity index (χ3v) is 2.87. The molecule has 0 amide bonds. The van der Waals surface area contributed by atoms with E-state index in [1.165, 1.54) is 0 Å². The Morgan fingerprint density at radius 2 is 2.20 bits per heavy atom. The fourth-order valence-electron chi connectivity index (χ4n) is 1.89. The van der Waals surface area contributed by atoms with E-state index < -0.39 is 5.97 Å². The summed E-state index contributed by atoms with van der Waals surface area (Å²) < 4.78 is 0. The molecule has 2 rings (SSSR count). The molecule has 0 spiro atoms. The average molecular weight is 206 g/mol. The molecule has 1 unspecified atom stereocenters. The van der Waals surface area contributed by atoms with Gasteiger partial charge in [-0.2, -0.15) is 0 Å². The van der Waals surface area contributed by atoms with Crippen LogP contribution >= 0.6 is 0 Å². The molecule has 0 aliphatic heterocycles. The largest absolute Gasteiger partial charge is 0.508 e. The van der Waals surface area contributed by atoms with Crippen molar-refractivity contribution in [1.29, 1.82) is 0 Å². The zero-order valence-electron chi connectivity index (χ0n) is 8.39. The summed E-state index contributed by atoms with van der Waals surface area (Å²) in [6.07, 6.45) is 2.57. The van der Waals surface area contributed by atoms with Crippen LogP contribution in [0.2, 0.25) is 0 Å². The van der Waals surface area contributed by atoms with Crippen LogP contribution in [-0.2, 0) is 11.2 Å². The number of carboxylic acid groups (broad SMARTS) is 1. The van der Waals surface area contributed by atoms with Crippen molar-refractivity contribution in [1.82, 2.24) is 0 Å². The number of phenols is 1. The summed E-state index contributed by atoms with van der Waals surface area (Å²) in [5.74, 6) is -0.468. The second-order valence-electron chi connectivity index (χ2n) is 4.16. The predicted molar refractivity (Wildman–Crippen MR) is 55.7 cm³/mol. The zero-order valence-corrected chi connectivity index (χ0v) is 8.39. The fraction of sp³-hybridized carbons (Fsp3) is 0.417. The van der Waals surface area contributed by atoms with E-state index >= 15 is 0 Å². The molecular weight excluding hydrogens is 192 g/mol. The van der Waals surface area contributed by atoms with Gasteiger partial charge in [0.15, 0.2) is 0 Å². The number of carbonyl (C=O) groups is 1. The molecule has 1 saturated carbocycles. The maximum Gasteiger partial charge on any atom is 0.307 e. The first kappa shape index (κ1) is 10.0. The van der Waals surface area contributed by atoms with Crippen molar-refractivity contribution in [3.05, 3.63) is 29.8 Å². The summed E-state index contributed by atoms with van der Waals surface area (Å²) in [6, 6.07) is 6.84.